The first-order chi connectivity index (χ1) is 31.9. The van der Waals surface area contributed by atoms with Crippen molar-refractivity contribution in [2.45, 2.75) is 14.7 Å². The average Bonchev–Trinajstić information content (AvgIpc) is 4.00. The van der Waals surface area contributed by atoms with Crippen LogP contribution in [0.2, 0.25) is 5.28 Å². The zero-order valence-electron chi connectivity index (χ0n) is 33.4. The molecule has 6 heterocycles. The quantitative estimate of drug-likeness (QED) is 0.0858. The number of sulfonamides is 1. The number of halogens is 1. The van der Waals surface area contributed by atoms with Crippen LogP contribution >= 0.6 is 11.6 Å². The van der Waals surface area contributed by atoms with Gasteiger partial charge < -0.3 is 21.0 Å². The Bertz CT molecular complexity index is 4170. The number of nitrogens with zero attached hydrogens (tertiary/aromatic N) is 9. The van der Waals surface area contributed by atoms with Gasteiger partial charge in [-0.15, -0.1) is 0 Å². The van der Waals surface area contributed by atoms with Gasteiger partial charge in [0.15, 0.2) is 23.3 Å². The van der Waals surface area contributed by atoms with E-state index in [0.29, 0.717) is 38.6 Å². The number of aromatic nitrogens is 11. The SMILES string of the molecule is Nc1nc(Cl)nc(Nc2cccc(NS(=O)(=O)c3ccc4c(c3)-c3nc-4nc4[nH]c(nc5nc(nc6[nH]c(n3)c3ccccc63)-c3ccc(S(=O)(=O)O)cc3-5)c3ccc(S(=O)(=O)O)cc43)c2)n1. The van der Waals surface area contributed by atoms with Crippen molar-refractivity contribution in [2.75, 3.05) is 15.8 Å². The van der Waals surface area contributed by atoms with E-state index in [2.05, 4.69) is 39.9 Å². The van der Waals surface area contributed by atoms with E-state index in [1.807, 2.05) is 0 Å². The maximum Gasteiger partial charge on any atom is 0.294 e. The lowest BCUT2D eigenvalue weighted by Crippen LogP contribution is -2.13. The normalized spacial score (nSPS) is 12.5. The molecule has 11 rings (SSSR count). The molecule has 22 nitrogen and oxygen atoms in total. The Morgan fingerprint density at radius 3 is 1.55 bits per heavy atom. The number of nitrogens with two attached hydrogens (primary N) is 1. The van der Waals surface area contributed by atoms with Crippen LogP contribution in [0, 0.1) is 0 Å². The van der Waals surface area contributed by atoms with Crippen LogP contribution in [-0.4, -0.2) is 89.2 Å². The molecule has 0 radical (unpaired) electrons. The molecule has 332 valence electrons. The maximum atomic E-state index is 14.1. The largest absolute Gasteiger partial charge is 0.368 e. The highest BCUT2D eigenvalue weighted by Crippen LogP contribution is 2.39. The summed E-state index contributed by atoms with van der Waals surface area (Å²) in [6.45, 7) is 0. The Balaban J connectivity index is 1.13. The third kappa shape index (κ3) is 7.55. The van der Waals surface area contributed by atoms with Gasteiger partial charge in [0.05, 0.1) is 20.4 Å². The number of H-pyrrole nitrogens is 2. The highest BCUT2D eigenvalue weighted by atomic mass is 35.5. The topological polar surface area (TPSA) is 341 Å². The fraction of sp³-hybridized carbons (Fsp3) is 0. The van der Waals surface area contributed by atoms with E-state index in [0.717, 1.165) is 6.07 Å². The lowest BCUT2D eigenvalue weighted by atomic mass is 10.1. The van der Waals surface area contributed by atoms with Gasteiger partial charge in [0.1, 0.15) is 22.6 Å². The summed E-state index contributed by atoms with van der Waals surface area (Å²) < 4.78 is 100. The van der Waals surface area contributed by atoms with Crippen molar-refractivity contribution in [2.24, 2.45) is 0 Å². The second-order valence-electron chi connectivity index (χ2n) is 14.8. The maximum absolute atomic E-state index is 14.1. The summed E-state index contributed by atoms with van der Waals surface area (Å²) in [6, 6.07) is 25.2. The van der Waals surface area contributed by atoms with Crippen LogP contribution < -0.4 is 15.8 Å². The molecular weight excluding hydrogens is 948 g/mol. The van der Waals surface area contributed by atoms with Crippen LogP contribution in [0.4, 0.5) is 23.3 Å². The molecule has 67 heavy (non-hydrogen) atoms. The first kappa shape index (κ1) is 41.6. The van der Waals surface area contributed by atoms with Gasteiger partial charge in [-0.2, -0.15) is 31.8 Å². The predicted octanol–water partition coefficient (Wildman–Crippen LogP) is 6.33. The Labute approximate surface area is 381 Å². The Hall–Kier alpha value is -8.07. The molecule has 2 aliphatic rings. The number of aromatic amines is 2. The third-order valence-corrected chi connectivity index (χ3v) is 13.8. The number of nitrogen functional groups attached to an aromatic ring is 1. The summed E-state index contributed by atoms with van der Waals surface area (Å²) in [5, 5.41) is 4.43. The monoisotopic (exact) mass is 972 g/mol. The van der Waals surface area contributed by atoms with Crippen LogP contribution in [0.1, 0.15) is 0 Å². The van der Waals surface area contributed by atoms with Crippen LogP contribution in [0.25, 0.3) is 89.7 Å². The number of fused-ring (bicyclic) bond motifs is 20. The average molecular weight is 973 g/mol. The minimum absolute atomic E-state index is 0.0123. The minimum atomic E-state index is -4.72. The number of anilines is 4. The van der Waals surface area contributed by atoms with E-state index in [1.165, 1.54) is 60.7 Å². The van der Waals surface area contributed by atoms with Crippen LogP contribution in [-0.2, 0) is 30.3 Å². The van der Waals surface area contributed by atoms with Gasteiger partial charge in [-0.05, 0) is 84.4 Å². The molecule has 26 heteroatoms. The van der Waals surface area contributed by atoms with E-state index >= 15 is 0 Å². The molecule has 8 N–H and O–H groups in total. The molecular formula is C41H25ClN14O8S3. The Morgan fingerprint density at radius 1 is 0.478 bits per heavy atom. The Morgan fingerprint density at radius 2 is 0.970 bits per heavy atom. The molecule has 4 aromatic heterocycles. The molecule has 8 bridgehead atoms. The number of rotatable bonds is 7. The summed E-state index contributed by atoms with van der Waals surface area (Å²) in [5.74, 6) is 0.0617. The van der Waals surface area contributed by atoms with Crippen molar-refractivity contribution >= 4 is 109 Å². The lowest BCUT2D eigenvalue weighted by Gasteiger charge is -2.11. The van der Waals surface area contributed by atoms with Crippen LogP contribution in [0.15, 0.2) is 118 Å². The standard InChI is InChI=1S/C41H25ClN14O8S3/c42-39-53-40(43)55-41(54-39)44-18-4-3-5-19(14-18)56-65(57,58)20-8-11-25-28(15-20)36-47-32-24-7-2-1-6-23(24)31(45-32)46-33-26-12-9-21(66(59,60)61)16-29(26)37(48-33)51-35-27-13-10-22(67(62,63)64)17-30(27)38(52-35)50-34(25)49-36/h1-17,56H,(H,59,60,61)(H,62,63,64)(H3,43,44,53,54,55)(H2,45,46,47,48,49,50,51,52). The molecule has 0 aliphatic carbocycles. The molecule has 9 aromatic rings. The van der Waals surface area contributed by atoms with Crippen LogP contribution in [0.3, 0.4) is 0 Å². The van der Waals surface area contributed by atoms with E-state index in [1.54, 1.807) is 36.4 Å². The molecule has 0 amide bonds. The van der Waals surface area contributed by atoms with Gasteiger partial charge in [0, 0.05) is 49.5 Å². The highest BCUT2D eigenvalue weighted by molar-refractivity contribution is 7.92. The first-order valence-corrected chi connectivity index (χ1v) is 24.0. The van der Waals surface area contributed by atoms with Crippen molar-refractivity contribution < 1.29 is 34.4 Å². The number of hydrogen-bond acceptors (Lipinski definition) is 17. The van der Waals surface area contributed by atoms with Gasteiger partial charge in [-0.1, -0.05) is 30.3 Å². The van der Waals surface area contributed by atoms with Gasteiger partial charge >= 0.3 is 0 Å². The fourth-order valence-electron chi connectivity index (χ4n) is 7.59. The second-order valence-corrected chi connectivity index (χ2v) is 19.7. The van der Waals surface area contributed by atoms with E-state index in [9.17, 15) is 34.4 Å². The van der Waals surface area contributed by atoms with Gasteiger partial charge in [-0.25, -0.2) is 38.3 Å². The molecule has 0 saturated carbocycles. The summed E-state index contributed by atoms with van der Waals surface area (Å²) in [5.41, 5.74) is 8.07. The molecule has 0 saturated heterocycles. The van der Waals surface area contributed by atoms with Gasteiger partial charge in [-0.3, -0.25) is 13.8 Å². The van der Waals surface area contributed by atoms with Gasteiger partial charge in [0.2, 0.25) is 17.2 Å². The fourth-order valence-corrected chi connectivity index (χ4v) is 9.85. The number of benzene rings is 5. The van der Waals surface area contributed by atoms with Crippen molar-refractivity contribution in [1.29, 1.82) is 0 Å². The van der Waals surface area contributed by atoms with E-state index < -0.39 is 40.1 Å². The van der Waals surface area contributed by atoms with Gasteiger partial charge in [0.25, 0.3) is 30.3 Å². The second kappa shape index (κ2) is 15.0. The molecule has 5 aromatic carbocycles. The van der Waals surface area contributed by atoms with E-state index in [4.69, 9.17) is 42.3 Å². The molecule has 0 fully saturated rings. The first-order valence-electron chi connectivity index (χ1n) is 19.3. The van der Waals surface area contributed by atoms with E-state index in [-0.39, 0.29) is 84.5 Å². The molecule has 0 spiro atoms. The lowest BCUT2D eigenvalue weighted by molar-refractivity contribution is 0.481. The van der Waals surface area contributed by atoms with Crippen LogP contribution in [0.5, 0.6) is 0 Å². The molecule has 0 atom stereocenters. The minimum Gasteiger partial charge on any atom is -0.368 e. The number of hydrogen-bond donors (Lipinski definition) is 7. The highest BCUT2D eigenvalue weighted by Gasteiger charge is 2.27. The zero-order chi connectivity index (χ0) is 46.6. The summed E-state index contributed by atoms with van der Waals surface area (Å²) in [6.07, 6.45) is 0. The van der Waals surface area contributed by atoms with Crippen molar-refractivity contribution in [3.63, 3.8) is 0 Å². The predicted molar refractivity (Wildman–Crippen MR) is 245 cm³/mol. The van der Waals surface area contributed by atoms with Crippen molar-refractivity contribution in [3.05, 3.63) is 108 Å². The molecule has 0 unspecified atom stereocenters. The number of nitrogens with one attached hydrogen (secondary N) is 4. The third-order valence-electron chi connectivity index (χ3n) is 10.6. The Kier molecular flexibility index (Phi) is 9.31. The summed E-state index contributed by atoms with van der Waals surface area (Å²) in [4.78, 5) is 45.7. The zero-order valence-corrected chi connectivity index (χ0v) is 36.6. The smallest absolute Gasteiger partial charge is 0.294 e. The summed E-state index contributed by atoms with van der Waals surface area (Å²) >= 11 is 5.92. The summed E-state index contributed by atoms with van der Waals surface area (Å²) in [7, 11) is -13.7. The van der Waals surface area contributed by atoms with Crippen molar-refractivity contribution in [3.8, 4) is 45.6 Å². The molecule has 2 aliphatic heterocycles. The van der Waals surface area contributed by atoms with Crippen molar-refractivity contribution in [1.82, 2.24) is 54.8 Å².